The van der Waals surface area contributed by atoms with Gasteiger partial charge in [-0.2, -0.15) is 0 Å². The number of nitrogens with zero attached hydrogens (tertiary/aromatic N) is 1. The largest absolute Gasteiger partial charge is 0.481 e. The molecular formula is C44H63ClN2O5S. The van der Waals surface area contributed by atoms with Gasteiger partial charge in [-0.05, 0) is 135 Å². The Morgan fingerprint density at radius 3 is 1.85 bits per heavy atom. The number of allylic oxidation sites excluding steroid dienone is 8. The number of hydrogen-bond donors (Lipinski definition) is 2. The van der Waals surface area contributed by atoms with Crippen LogP contribution in [-0.2, 0) is 19.6 Å². The molecule has 0 bridgehead atoms. The van der Waals surface area contributed by atoms with Gasteiger partial charge in [0.25, 0.3) is 10.0 Å². The topological polar surface area (TPSA) is 104 Å². The predicted molar refractivity (Wildman–Crippen MR) is 222 cm³/mol. The maximum absolute atomic E-state index is 13.2. The number of benzene rings is 2. The van der Waals surface area contributed by atoms with Crippen molar-refractivity contribution < 1.29 is 23.1 Å². The van der Waals surface area contributed by atoms with Gasteiger partial charge in [0.2, 0.25) is 0 Å². The Kier molecular flexibility index (Phi) is 20.7. The zero-order valence-electron chi connectivity index (χ0n) is 33.1. The number of nitrogens with one attached hydrogen (secondary N) is 1. The van der Waals surface area contributed by atoms with Gasteiger partial charge in [0.05, 0.1) is 16.6 Å². The second kappa shape index (κ2) is 24.0. The lowest BCUT2D eigenvalue weighted by Crippen LogP contribution is -2.26. The van der Waals surface area contributed by atoms with Crippen molar-refractivity contribution in [2.75, 3.05) is 17.9 Å². The zero-order chi connectivity index (χ0) is 39.4. The van der Waals surface area contributed by atoms with Crippen molar-refractivity contribution in [1.82, 2.24) is 5.32 Å². The molecule has 0 saturated heterocycles. The van der Waals surface area contributed by atoms with Crippen LogP contribution in [0.1, 0.15) is 142 Å². The molecule has 9 heteroatoms. The standard InChI is InChI=1S/C23H38O.C21H25ClN2O4S/c1-19(2)11-7-12-20(3)13-8-14-21(4)15-9-16-22(5)17-10-18-23(6)24;1-24-18-9-6-5-8-16(18)21(23-13-7-3-2-4-10-20(25)26)17-12-11-15(22)14-19(17)29(24,27)28/h11,13,15,17H,7-10,12,14,16,18H2,1-6H3;5-6,8-9,11-12,14,21,23H,2-4,7,10,13H2,1H3,(H,25,26)/b20-13+,21-15+,22-17+;. The number of rotatable bonds is 20. The number of hydrogen-bond acceptors (Lipinski definition) is 5. The van der Waals surface area contributed by atoms with Crippen molar-refractivity contribution in [3.63, 3.8) is 0 Å². The van der Waals surface area contributed by atoms with E-state index in [9.17, 15) is 18.0 Å². The molecule has 1 aliphatic rings. The minimum atomic E-state index is -3.72. The molecule has 7 nitrogen and oxygen atoms in total. The summed E-state index contributed by atoms with van der Waals surface area (Å²) in [6, 6.07) is 12.2. The lowest BCUT2D eigenvalue weighted by molar-refractivity contribution is -0.137. The van der Waals surface area contributed by atoms with Crippen molar-refractivity contribution in [2.45, 2.75) is 136 Å². The average molecular weight is 768 g/mol. The maximum atomic E-state index is 13.2. The molecule has 0 saturated carbocycles. The minimum Gasteiger partial charge on any atom is -0.481 e. The first-order valence-corrected chi connectivity index (χ1v) is 20.9. The Morgan fingerprint density at radius 1 is 0.736 bits per heavy atom. The summed E-state index contributed by atoms with van der Waals surface area (Å²) in [5.74, 6) is -0.488. The molecule has 2 aromatic carbocycles. The number of ketones is 1. The molecule has 292 valence electrons. The Labute approximate surface area is 325 Å². The summed E-state index contributed by atoms with van der Waals surface area (Å²) < 4.78 is 27.7. The van der Waals surface area contributed by atoms with Crippen LogP contribution in [0.2, 0.25) is 5.02 Å². The van der Waals surface area contributed by atoms with Gasteiger partial charge < -0.3 is 15.2 Å². The lowest BCUT2D eigenvalue weighted by Gasteiger charge is -2.22. The van der Waals surface area contributed by atoms with Gasteiger partial charge in [0.1, 0.15) is 5.78 Å². The number of aliphatic carboxylic acids is 1. The van der Waals surface area contributed by atoms with Gasteiger partial charge >= 0.3 is 5.97 Å². The van der Waals surface area contributed by atoms with Crippen LogP contribution in [-0.4, -0.2) is 38.9 Å². The molecule has 0 radical (unpaired) electrons. The third-order valence-corrected chi connectivity index (χ3v) is 11.4. The Morgan fingerprint density at radius 2 is 1.28 bits per heavy atom. The quantitative estimate of drug-likeness (QED) is 0.103. The van der Waals surface area contributed by atoms with Crippen molar-refractivity contribution in [1.29, 1.82) is 0 Å². The summed E-state index contributed by atoms with van der Waals surface area (Å²) in [5.41, 5.74) is 8.01. The van der Waals surface area contributed by atoms with E-state index in [0.29, 0.717) is 35.7 Å². The average Bonchev–Trinajstić information content (AvgIpc) is 3.15. The SMILES string of the molecule is CC(=O)CC/C=C(\C)CC/C=C(\C)CC/C=C(\C)CCC=C(C)C.CN1c2ccccc2C(NCCCCCCC(=O)O)c2ccc(Cl)cc2S1(=O)=O. The number of fused-ring (bicyclic) bond motifs is 2. The van der Waals surface area contributed by atoms with Crippen LogP contribution in [0.4, 0.5) is 5.69 Å². The fourth-order valence-electron chi connectivity index (χ4n) is 6.16. The van der Waals surface area contributed by atoms with Crippen molar-refractivity contribution >= 4 is 39.1 Å². The van der Waals surface area contributed by atoms with E-state index in [-0.39, 0.29) is 23.1 Å². The molecule has 0 aromatic heterocycles. The second-order valence-electron chi connectivity index (χ2n) is 14.4. The molecular weight excluding hydrogens is 704 g/mol. The fourth-order valence-corrected chi connectivity index (χ4v) is 7.88. The fraction of sp³-hybridized carbons (Fsp3) is 0.500. The molecule has 0 amide bonds. The first-order chi connectivity index (χ1) is 25.1. The van der Waals surface area contributed by atoms with E-state index < -0.39 is 16.0 Å². The Balaban J connectivity index is 0.000000375. The number of Topliss-reactive ketones (excluding diaryl/α,β-unsaturated/α-hetero) is 1. The number of para-hydroxylation sites is 1. The second-order valence-corrected chi connectivity index (χ2v) is 16.8. The molecule has 3 rings (SSSR count). The molecule has 1 aliphatic heterocycles. The zero-order valence-corrected chi connectivity index (χ0v) is 34.7. The summed E-state index contributed by atoms with van der Waals surface area (Å²) in [4.78, 5) is 21.7. The van der Waals surface area contributed by atoms with Crippen LogP contribution in [0.15, 0.2) is 94.0 Å². The summed E-state index contributed by atoms with van der Waals surface area (Å²) in [5, 5.41) is 12.6. The van der Waals surface area contributed by atoms with Gasteiger partial charge in [-0.1, -0.05) is 95.3 Å². The van der Waals surface area contributed by atoms with Gasteiger partial charge in [-0.3, -0.25) is 9.10 Å². The van der Waals surface area contributed by atoms with Crippen LogP contribution >= 0.6 is 11.6 Å². The van der Waals surface area contributed by atoms with Gasteiger partial charge in [0.15, 0.2) is 0 Å². The summed E-state index contributed by atoms with van der Waals surface area (Å²) in [7, 11) is -2.16. The van der Waals surface area contributed by atoms with Crippen LogP contribution in [0.5, 0.6) is 0 Å². The highest BCUT2D eigenvalue weighted by Gasteiger charge is 2.34. The highest BCUT2D eigenvalue weighted by atomic mass is 35.5. The molecule has 1 heterocycles. The number of carbonyl (C=O) groups is 2. The summed E-state index contributed by atoms with van der Waals surface area (Å²) in [6.45, 7) is 13.3. The monoisotopic (exact) mass is 766 g/mol. The Hall–Kier alpha value is -3.46. The highest BCUT2D eigenvalue weighted by Crippen LogP contribution is 2.40. The molecule has 1 unspecified atom stereocenters. The lowest BCUT2D eigenvalue weighted by atomic mass is 9.96. The first-order valence-electron chi connectivity index (χ1n) is 19.1. The molecule has 2 N–H and O–H groups in total. The van der Waals surface area contributed by atoms with E-state index >= 15 is 0 Å². The van der Waals surface area contributed by atoms with Gasteiger partial charge in [-0.25, -0.2) is 8.42 Å². The molecule has 2 aromatic rings. The maximum Gasteiger partial charge on any atom is 0.303 e. The molecule has 1 atom stereocenters. The normalized spacial score (nSPS) is 15.4. The third kappa shape index (κ3) is 17.0. The third-order valence-electron chi connectivity index (χ3n) is 9.32. The van der Waals surface area contributed by atoms with E-state index in [2.05, 4.69) is 64.2 Å². The molecule has 0 spiro atoms. The molecule has 0 aliphatic carbocycles. The van der Waals surface area contributed by atoms with E-state index in [4.69, 9.17) is 16.7 Å². The van der Waals surface area contributed by atoms with E-state index in [1.54, 1.807) is 32.2 Å². The van der Waals surface area contributed by atoms with Crippen LogP contribution in [0.3, 0.4) is 0 Å². The smallest absolute Gasteiger partial charge is 0.303 e. The number of sulfonamides is 1. The van der Waals surface area contributed by atoms with Gasteiger partial charge in [-0.15, -0.1) is 0 Å². The van der Waals surface area contributed by atoms with Crippen LogP contribution < -0.4 is 9.62 Å². The predicted octanol–water partition coefficient (Wildman–Crippen LogP) is 11.7. The first kappa shape index (κ1) is 45.7. The van der Waals surface area contributed by atoms with Crippen molar-refractivity contribution in [3.8, 4) is 0 Å². The number of carboxylic acids is 1. The minimum absolute atomic E-state index is 0.196. The molecule has 0 fully saturated rings. The van der Waals surface area contributed by atoms with Crippen LogP contribution in [0.25, 0.3) is 0 Å². The van der Waals surface area contributed by atoms with Crippen molar-refractivity contribution in [3.05, 3.63) is 105 Å². The van der Waals surface area contributed by atoms with E-state index in [0.717, 1.165) is 63.4 Å². The number of unbranched alkanes of at least 4 members (excludes halogenated alkanes) is 3. The molecule has 53 heavy (non-hydrogen) atoms. The highest BCUT2D eigenvalue weighted by molar-refractivity contribution is 7.92. The number of carboxylic acid groups (broad SMARTS) is 1. The van der Waals surface area contributed by atoms with Gasteiger partial charge in [0, 0.05) is 24.9 Å². The Bertz CT molecular complexity index is 1720. The van der Waals surface area contributed by atoms with E-state index in [1.165, 1.54) is 39.1 Å². The number of halogens is 1. The number of anilines is 1. The summed E-state index contributed by atoms with van der Waals surface area (Å²) in [6.07, 6.45) is 21.2. The number of carbonyl (C=O) groups excluding carboxylic acids is 1. The summed E-state index contributed by atoms with van der Waals surface area (Å²) >= 11 is 6.12. The van der Waals surface area contributed by atoms with Crippen molar-refractivity contribution in [2.24, 2.45) is 0 Å². The van der Waals surface area contributed by atoms with Crippen LogP contribution in [0, 0.1) is 0 Å². The van der Waals surface area contributed by atoms with E-state index in [1.807, 2.05) is 18.2 Å².